The van der Waals surface area contributed by atoms with Crippen molar-refractivity contribution in [2.45, 2.75) is 6.92 Å². The molecule has 2 N–H and O–H groups in total. The molecule has 0 saturated heterocycles. The van der Waals surface area contributed by atoms with Crippen molar-refractivity contribution in [1.29, 1.82) is 0 Å². The van der Waals surface area contributed by atoms with Gasteiger partial charge in [0.15, 0.2) is 0 Å². The van der Waals surface area contributed by atoms with Gasteiger partial charge in [0.2, 0.25) is 5.88 Å². The Labute approximate surface area is 211 Å². The van der Waals surface area contributed by atoms with E-state index in [1.807, 2.05) is 30.3 Å². The number of fused-ring (bicyclic) bond motifs is 1. The topological polar surface area (TPSA) is 98.1 Å². The van der Waals surface area contributed by atoms with Crippen LogP contribution in [0.25, 0.3) is 20.8 Å². The molecule has 8 nitrogen and oxygen atoms in total. The summed E-state index contributed by atoms with van der Waals surface area (Å²) in [6.07, 6.45) is 1.58. The van der Waals surface area contributed by atoms with Crippen LogP contribution >= 0.6 is 11.3 Å². The smallest absolute Gasteiger partial charge is 0.262 e. The molecule has 0 atom stereocenters. The van der Waals surface area contributed by atoms with Crippen LogP contribution in [0, 0.1) is 6.92 Å². The zero-order valence-corrected chi connectivity index (χ0v) is 20.7. The maximum absolute atomic E-state index is 12.7. The summed E-state index contributed by atoms with van der Waals surface area (Å²) in [7, 11) is 3.17. The van der Waals surface area contributed by atoms with E-state index < -0.39 is 0 Å². The maximum atomic E-state index is 12.7. The molecule has 3 aromatic carbocycles. The number of nitrogens with zero attached hydrogens (tertiary/aromatic N) is 3. The molecule has 0 aliphatic rings. The summed E-state index contributed by atoms with van der Waals surface area (Å²) >= 11 is 1.65. The van der Waals surface area contributed by atoms with Crippen LogP contribution in [0.3, 0.4) is 0 Å². The van der Waals surface area contributed by atoms with E-state index in [0.29, 0.717) is 22.5 Å². The number of methoxy groups -OCH3 is 1. The largest absolute Gasteiger partial charge is 0.479 e. The molecular formula is C27H23N5O3S. The van der Waals surface area contributed by atoms with E-state index in [0.717, 1.165) is 20.8 Å². The molecule has 0 aliphatic heterocycles. The summed E-state index contributed by atoms with van der Waals surface area (Å²) < 4.78 is 7.80. The van der Waals surface area contributed by atoms with Crippen LogP contribution in [0.2, 0.25) is 0 Å². The van der Waals surface area contributed by atoms with Gasteiger partial charge in [0.05, 0.1) is 17.3 Å². The third kappa shape index (κ3) is 4.82. The molecule has 2 amide bonds. The number of carbonyl (C=O) groups is 2. The van der Waals surface area contributed by atoms with Gasteiger partial charge in [-0.1, -0.05) is 6.07 Å². The average molecular weight is 498 g/mol. The van der Waals surface area contributed by atoms with E-state index in [9.17, 15) is 9.59 Å². The molecule has 0 spiro atoms. The molecule has 0 saturated carbocycles. The van der Waals surface area contributed by atoms with Crippen LogP contribution in [0.4, 0.5) is 11.4 Å². The van der Waals surface area contributed by atoms with Gasteiger partial charge >= 0.3 is 0 Å². The minimum atomic E-state index is -0.347. The van der Waals surface area contributed by atoms with Gasteiger partial charge in [0.1, 0.15) is 10.6 Å². The molecule has 36 heavy (non-hydrogen) atoms. The molecule has 0 bridgehead atoms. The van der Waals surface area contributed by atoms with Crippen LogP contribution in [0.15, 0.2) is 72.9 Å². The maximum Gasteiger partial charge on any atom is 0.262 e. The number of carbonyl (C=O) groups excluding carboxylic acids is 2. The predicted molar refractivity (Wildman–Crippen MR) is 142 cm³/mol. The summed E-state index contributed by atoms with van der Waals surface area (Å²) in [5, 5.41) is 10.7. The summed E-state index contributed by atoms with van der Waals surface area (Å²) in [6, 6.07) is 20.5. The summed E-state index contributed by atoms with van der Waals surface area (Å²) in [5.41, 5.74) is 5.22. The first-order chi connectivity index (χ1) is 17.4. The van der Waals surface area contributed by atoms with Gasteiger partial charge in [-0.3, -0.25) is 14.3 Å². The molecule has 9 heteroatoms. The number of thiazole rings is 1. The second kappa shape index (κ2) is 9.63. The lowest BCUT2D eigenvalue weighted by Crippen LogP contribution is -2.14. The quantitative estimate of drug-likeness (QED) is 0.322. The van der Waals surface area contributed by atoms with E-state index in [1.54, 1.807) is 48.8 Å². The third-order valence-corrected chi connectivity index (χ3v) is 6.64. The molecule has 5 rings (SSSR count). The Kier molecular flexibility index (Phi) is 6.22. The summed E-state index contributed by atoms with van der Waals surface area (Å²) in [4.78, 5) is 30.0. The molecule has 5 aromatic rings. The lowest BCUT2D eigenvalue weighted by molar-refractivity contribution is 0.101. The normalized spacial score (nSPS) is 10.9. The molecule has 0 aliphatic carbocycles. The van der Waals surface area contributed by atoms with E-state index in [4.69, 9.17) is 9.72 Å². The minimum Gasteiger partial charge on any atom is -0.479 e. The zero-order chi connectivity index (χ0) is 25.2. The van der Waals surface area contributed by atoms with Crippen molar-refractivity contribution in [2.24, 2.45) is 7.05 Å². The first-order valence-electron chi connectivity index (χ1n) is 11.2. The Morgan fingerprint density at radius 3 is 2.28 bits per heavy atom. The average Bonchev–Trinajstić information content (AvgIpc) is 3.47. The van der Waals surface area contributed by atoms with Crippen LogP contribution in [0.5, 0.6) is 5.88 Å². The summed E-state index contributed by atoms with van der Waals surface area (Å²) in [5.74, 6) is -0.347. The van der Waals surface area contributed by atoms with Crippen molar-refractivity contribution in [1.82, 2.24) is 14.8 Å². The Morgan fingerprint density at radius 2 is 1.58 bits per heavy atom. The Balaban J connectivity index is 1.23. The number of hydrogen-bond acceptors (Lipinski definition) is 6. The second-order valence-electron chi connectivity index (χ2n) is 8.28. The third-order valence-electron chi connectivity index (χ3n) is 5.57. The Bertz CT molecular complexity index is 1570. The van der Waals surface area contributed by atoms with Crippen LogP contribution in [0.1, 0.15) is 26.3 Å². The van der Waals surface area contributed by atoms with Gasteiger partial charge in [-0.2, -0.15) is 0 Å². The number of amides is 2. The van der Waals surface area contributed by atoms with E-state index >= 15 is 0 Å². The first kappa shape index (κ1) is 23.3. The van der Waals surface area contributed by atoms with E-state index in [2.05, 4.69) is 34.8 Å². The first-order valence-corrected chi connectivity index (χ1v) is 12.0. The van der Waals surface area contributed by atoms with Crippen molar-refractivity contribution in [3.05, 3.63) is 89.6 Å². The van der Waals surface area contributed by atoms with Crippen LogP contribution in [-0.2, 0) is 7.05 Å². The molecule has 0 unspecified atom stereocenters. The number of aromatic nitrogens is 3. The van der Waals surface area contributed by atoms with Crippen molar-refractivity contribution < 1.29 is 14.3 Å². The molecule has 2 aromatic heterocycles. The number of hydrogen-bond donors (Lipinski definition) is 2. The van der Waals surface area contributed by atoms with Crippen molar-refractivity contribution in [2.75, 3.05) is 17.7 Å². The number of anilines is 2. The predicted octanol–water partition coefficient (Wildman–Crippen LogP) is 5.52. The van der Waals surface area contributed by atoms with Gasteiger partial charge < -0.3 is 15.4 Å². The van der Waals surface area contributed by atoms with Crippen molar-refractivity contribution in [3.63, 3.8) is 0 Å². The number of nitrogens with one attached hydrogen (secondary N) is 2. The van der Waals surface area contributed by atoms with Gasteiger partial charge in [-0.25, -0.2) is 4.98 Å². The molecule has 180 valence electrons. The fraction of sp³-hybridized carbons (Fsp3) is 0.111. The SMILES string of the molecule is COc1nn(C)cc1C(=O)Nc1ccc(C(=O)Nc2ccc(-c3nc4ccc(C)cc4s3)cc2)cc1. The van der Waals surface area contributed by atoms with Gasteiger partial charge in [0, 0.05) is 35.7 Å². The Morgan fingerprint density at radius 1 is 0.917 bits per heavy atom. The number of ether oxygens (including phenoxy) is 1. The van der Waals surface area contributed by atoms with E-state index in [1.165, 1.54) is 17.4 Å². The molecule has 0 radical (unpaired) electrons. The highest BCUT2D eigenvalue weighted by Gasteiger charge is 2.17. The zero-order valence-electron chi connectivity index (χ0n) is 19.9. The number of rotatable bonds is 6. The summed E-state index contributed by atoms with van der Waals surface area (Å²) in [6.45, 7) is 2.07. The number of benzene rings is 3. The highest BCUT2D eigenvalue weighted by atomic mass is 32.1. The van der Waals surface area contributed by atoms with Gasteiger partial charge in [-0.15, -0.1) is 16.4 Å². The molecule has 2 heterocycles. The Hall–Kier alpha value is -4.50. The van der Waals surface area contributed by atoms with Gasteiger partial charge in [-0.05, 0) is 73.2 Å². The van der Waals surface area contributed by atoms with Crippen molar-refractivity contribution >= 4 is 44.7 Å². The fourth-order valence-electron chi connectivity index (χ4n) is 3.73. The number of aryl methyl sites for hydroxylation is 2. The minimum absolute atomic E-state index is 0.245. The molecule has 0 fully saturated rings. The lowest BCUT2D eigenvalue weighted by Gasteiger charge is -2.08. The fourth-order valence-corrected chi connectivity index (χ4v) is 4.80. The highest BCUT2D eigenvalue weighted by Crippen LogP contribution is 2.31. The van der Waals surface area contributed by atoms with Crippen LogP contribution in [-0.4, -0.2) is 33.7 Å². The monoisotopic (exact) mass is 497 g/mol. The standard InChI is InChI=1S/C27H23N5O3S/c1-16-4-13-22-23(14-16)36-27(30-22)18-7-11-19(12-8-18)28-24(33)17-5-9-20(10-6-17)29-25(34)21-15-32(2)31-26(21)35-3/h4-15H,1-3H3,(H,28,33)(H,29,34). The highest BCUT2D eigenvalue weighted by molar-refractivity contribution is 7.21. The molecular weight excluding hydrogens is 474 g/mol. The van der Waals surface area contributed by atoms with Gasteiger partial charge in [0.25, 0.3) is 11.8 Å². The lowest BCUT2D eigenvalue weighted by atomic mass is 10.1. The second-order valence-corrected chi connectivity index (χ2v) is 9.31. The van der Waals surface area contributed by atoms with Crippen LogP contribution < -0.4 is 15.4 Å². The van der Waals surface area contributed by atoms with Crippen molar-refractivity contribution in [3.8, 4) is 16.5 Å². The van der Waals surface area contributed by atoms with E-state index in [-0.39, 0.29) is 17.7 Å².